The normalized spacial score (nSPS) is 10.8. The van der Waals surface area contributed by atoms with E-state index in [4.69, 9.17) is 0 Å². The number of imidazole rings is 1. The van der Waals surface area contributed by atoms with E-state index in [0.29, 0.717) is 17.9 Å². The maximum Gasteiger partial charge on any atom is 0.269 e. The molecule has 0 N–H and O–H groups in total. The van der Waals surface area contributed by atoms with E-state index in [-0.39, 0.29) is 17.2 Å². The molecule has 128 valence electrons. The van der Waals surface area contributed by atoms with E-state index in [1.165, 1.54) is 36.8 Å². The number of halogens is 1. The number of non-ortho nitro benzene ring substituents is 1. The summed E-state index contributed by atoms with van der Waals surface area (Å²) >= 11 is 0. The number of hydrogen-bond donors (Lipinski definition) is 0. The zero-order chi connectivity index (χ0) is 18.5. The summed E-state index contributed by atoms with van der Waals surface area (Å²) in [5.41, 5.74) is 1.63. The van der Waals surface area contributed by atoms with Crippen LogP contribution in [0.4, 0.5) is 15.9 Å². The summed E-state index contributed by atoms with van der Waals surface area (Å²) < 4.78 is 14.7. The van der Waals surface area contributed by atoms with Crippen molar-refractivity contribution in [2.24, 2.45) is 4.99 Å². The smallest absolute Gasteiger partial charge is 0.269 e. The summed E-state index contributed by atoms with van der Waals surface area (Å²) in [6.07, 6.45) is 2.99. The van der Waals surface area contributed by atoms with Crippen molar-refractivity contribution >= 4 is 17.7 Å². The molecule has 26 heavy (non-hydrogen) atoms. The standard InChI is InChI=1S/C18H12FN5O2/c19-15-5-1-14(2-6-15)11-23-12-22-17(9-20)18(23)21-10-13-3-7-16(8-4-13)24(25)26/h1-8,10,12H,11H2. The van der Waals surface area contributed by atoms with Crippen LogP contribution in [0.5, 0.6) is 0 Å². The predicted molar refractivity (Wildman–Crippen MR) is 92.8 cm³/mol. The van der Waals surface area contributed by atoms with E-state index in [2.05, 4.69) is 9.98 Å². The summed E-state index contributed by atoms with van der Waals surface area (Å²) in [5, 5.41) is 19.9. The van der Waals surface area contributed by atoms with Crippen molar-refractivity contribution in [1.29, 1.82) is 5.26 Å². The molecule has 0 fully saturated rings. The molecule has 1 aromatic heterocycles. The zero-order valence-electron chi connectivity index (χ0n) is 13.4. The lowest BCUT2D eigenvalue weighted by molar-refractivity contribution is -0.384. The van der Waals surface area contributed by atoms with Crippen LogP contribution in [-0.2, 0) is 6.54 Å². The number of benzene rings is 2. The molecular formula is C18H12FN5O2. The molecule has 0 spiro atoms. The molecule has 3 rings (SSSR count). The van der Waals surface area contributed by atoms with Gasteiger partial charge in [-0.05, 0) is 35.4 Å². The van der Waals surface area contributed by atoms with E-state index >= 15 is 0 Å². The van der Waals surface area contributed by atoms with Crippen LogP contribution in [-0.4, -0.2) is 20.7 Å². The quantitative estimate of drug-likeness (QED) is 0.399. The third-order valence-electron chi connectivity index (χ3n) is 3.62. The SMILES string of the molecule is N#Cc1ncn(Cc2ccc(F)cc2)c1N=Cc1ccc([N+](=O)[O-])cc1. The molecule has 2 aromatic carbocycles. The van der Waals surface area contributed by atoms with Crippen molar-refractivity contribution < 1.29 is 9.31 Å². The fourth-order valence-electron chi connectivity index (χ4n) is 2.31. The predicted octanol–water partition coefficient (Wildman–Crippen LogP) is 3.60. The lowest BCUT2D eigenvalue weighted by Crippen LogP contribution is -1.98. The third kappa shape index (κ3) is 3.79. The molecule has 0 atom stereocenters. The Labute approximate surface area is 147 Å². The summed E-state index contributed by atoms with van der Waals surface area (Å²) in [6.45, 7) is 0.377. The van der Waals surface area contributed by atoms with Gasteiger partial charge in [-0.25, -0.2) is 14.4 Å². The van der Waals surface area contributed by atoms with Gasteiger partial charge in [0.1, 0.15) is 11.9 Å². The molecule has 3 aromatic rings. The van der Waals surface area contributed by atoms with Crippen molar-refractivity contribution in [2.45, 2.75) is 6.54 Å². The first-order chi connectivity index (χ1) is 12.6. The lowest BCUT2D eigenvalue weighted by atomic mass is 10.2. The fraction of sp³-hybridized carbons (Fsp3) is 0.0556. The van der Waals surface area contributed by atoms with E-state index in [0.717, 1.165) is 5.56 Å². The summed E-state index contributed by atoms with van der Waals surface area (Å²) in [4.78, 5) is 18.5. The monoisotopic (exact) mass is 349 g/mol. The van der Waals surface area contributed by atoms with E-state index < -0.39 is 4.92 Å². The van der Waals surface area contributed by atoms with Crippen LogP contribution in [0, 0.1) is 27.3 Å². The van der Waals surface area contributed by atoms with Gasteiger partial charge in [0.25, 0.3) is 5.69 Å². The third-order valence-corrected chi connectivity index (χ3v) is 3.62. The van der Waals surface area contributed by atoms with Gasteiger partial charge in [-0.1, -0.05) is 12.1 Å². The number of aromatic nitrogens is 2. The average Bonchev–Trinajstić information content (AvgIpc) is 3.03. The molecule has 0 radical (unpaired) electrons. The number of nitro benzene ring substituents is 1. The highest BCUT2D eigenvalue weighted by atomic mass is 19.1. The second-order valence-electron chi connectivity index (χ2n) is 5.39. The molecular weight excluding hydrogens is 337 g/mol. The summed E-state index contributed by atoms with van der Waals surface area (Å²) in [7, 11) is 0. The Morgan fingerprint density at radius 1 is 1.23 bits per heavy atom. The molecule has 7 nitrogen and oxygen atoms in total. The lowest BCUT2D eigenvalue weighted by Gasteiger charge is -2.05. The largest absolute Gasteiger partial charge is 0.310 e. The number of hydrogen-bond acceptors (Lipinski definition) is 5. The highest BCUT2D eigenvalue weighted by Gasteiger charge is 2.10. The Hall–Kier alpha value is -3.86. The van der Waals surface area contributed by atoms with Gasteiger partial charge in [-0.15, -0.1) is 0 Å². The number of nitrogens with zero attached hydrogens (tertiary/aromatic N) is 5. The Morgan fingerprint density at radius 2 is 1.92 bits per heavy atom. The van der Waals surface area contributed by atoms with Crippen LogP contribution in [0.3, 0.4) is 0 Å². The molecule has 0 aliphatic rings. The van der Waals surface area contributed by atoms with Gasteiger partial charge in [0.05, 0.1) is 17.8 Å². The fourth-order valence-corrected chi connectivity index (χ4v) is 2.31. The molecule has 0 aliphatic carbocycles. The first kappa shape index (κ1) is 17.0. The van der Waals surface area contributed by atoms with Crippen molar-refractivity contribution in [2.75, 3.05) is 0 Å². The van der Waals surface area contributed by atoms with E-state index in [9.17, 15) is 19.8 Å². The van der Waals surface area contributed by atoms with Crippen LogP contribution in [0.2, 0.25) is 0 Å². The van der Waals surface area contributed by atoms with Crippen molar-refractivity contribution in [3.8, 4) is 6.07 Å². The molecule has 0 unspecified atom stereocenters. The molecule has 0 amide bonds. The Morgan fingerprint density at radius 3 is 2.54 bits per heavy atom. The van der Waals surface area contributed by atoms with Crippen LogP contribution < -0.4 is 0 Å². The second-order valence-corrected chi connectivity index (χ2v) is 5.39. The Balaban J connectivity index is 1.86. The first-order valence-electron chi connectivity index (χ1n) is 7.55. The van der Waals surface area contributed by atoms with Gasteiger partial charge in [-0.2, -0.15) is 5.26 Å². The van der Waals surface area contributed by atoms with Gasteiger partial charge in [-0.3, -0.25) is 10.1 Å². The molecule has 8 heteroatoms. The second kappa shape index (κ2) is 7.36. The Bertz CT molecular complexity index is 1000. The molecule has 0 saturated carbocycles. The summed E-state index contributed by atoms with van der Waals surface area (Å²) in [6, 6.07) is 13.9. The van der Waals surface area contributed by atoms with Crippen LogP contribution in [0.15, 0.2) is 59.9 Å². The van der Waals surface area contributed by atoms with Crippen LogP contribution in [0.1, 0.15) is 16.8 Å². The van der Waals surface area contributed by atoms with E-state index in [1.807, 2.05) is 6.07 Å². The van der Waals surface area contributed by atoms with Gasteiger partial charge in [0.2, 0.25) is 0 Å². The average molecular weight is 349 g/mol. The van der Waals surface area contributed by atoms with E-state index in [1.54, 1.807) is 28.8 Å². The minimum Gasteiger partial charge on any atom is -0.310 e. The van der Waals surface area contributed by atoms with Crippen LogP contribution in [0.25, 0.3) is 0 Å². The minimum absolute atomic E-state index is 0.0128. The molecule has 0 bridgehead atoms. The van der Waals surface area contributed by atoms with Crippen molar-refractivity contribution in [1.82, 2.24) is 9.55 Å². The molecule has 0 aliphatic heterocycles. The number of nitriles is 1. The van der Waals surface area contributed by atoms with Gasteiger partial charge in [0.15, 0.2) is 11.5 Å². The summed E-state index contributed by atoms with van der Waals surface area (Å²) in [5.74, 6) is 0.0312. The maximum atomic E-state index is 13.0. The van der Waals surface area contributed by atoms with Crippen molar-refractivity contribution in [3.63, 3.8) is 0 Å². The van der Waals surface area contributed by atoms with Crippen LogP contribution >= 0.6 is 0 Å². The van der Waals surface area contributed by atoms with Crippen molar-refractivity contribution in [3.05, 3.63) is 87.6 Å². The molecule has 0 saturated heterocycles. The number of nitro groups is 1. The topological polar surface area (TPSA) is 97.1 Å². The number of rotatable bonds is 5. The highest BCUT2D eigenvalue weighted by molar-refractivity contribution is 5.82. The Kier molecular flexibility index (Phi) is 4.80. The number of aliphatic imine (C=N–C) groups is 1. The minimum atomic E-state index is -0.480. The van der Waals surface area contributed by atoms with Gasteiger partial charge < -0.3 is 4.57 Å². The van der Waals surface area contributed by atoms with Gasteiger partial charge in [0, 0.05) is 18.3 Å². The van der Waals surface area contributed by atoms with Gasteiger partial charge >= 0.3 is 0 Å². The maximum absolute atomic E-state index is 13.0. The first-order valence-corrected chi connectivity index (χ1v) is 7.55. The molecule has 1 heterocycles. The highest BCUT2D eigenvalue weighted by Crippen LogP contribution is 2.20. The zero-order valence-corrected chi connectivity index (χ0v) is 13.4.